The van der Waals surface area contributed by atoms with Crippen LogP contribution in [0.3, 0.4) is 0 Å². The fourth-order valence-corrected chi connectivity index (χ4v) is 2.60. The third-order valence-electron chi connectivity index (χ3n) is 3.47. The average molecular weight is 254 g/mol. The molecule has 0 saturated carbocycles. The lowest BCUT2D eigenvalue weighted by atomic mass is 9.81. The zero-order valence-electron chi connectivity index (χ0n) is 11.1. The summed E-state index contributed by atoms with van der Waals surface area (Å²) in [7, 11) is 0. The molecule has 0 spiro atoms. The largest absolute Gasteiger partial charge is 0.386 e. The summed E-state index contributed by atoms with van der Waals surface area (Å²) in [5, 5.41) is 1.67. The maximum absolute atomic E-state index is 11.8. The van der Waals surface area contributed by atoms with E-state index in [2.05, 4.69) is 20.8 Å². The van der Waals surface area contributed by atoms with Gasteiger partial charge in [0.1, 0.15) is 0 Å². The van der Waals surface area contributed by atoms with Crippen molar-refractivity contribution in [1.82, 2.24) is 0 Å². The number of rotatable bonds is 0. The molecule has 0 N–H and O–H groups in total. The molecule has 0 unspecified atom stereocenters. The van der Waals surface area contributed by atoms with Gasteiger partial charge in [0.25, 0.3) is 0 Å². The molecule has 0 saturated heterocycles. The zero-order valence-corrected chi connectivity index (χ0v) is 11.1. The zero-order chi connectivity index (χ0) is 13.8. The Balaban J connectivity index is 2.49. The third-order valence-corrected chi connectivity index (χ3v) is 3.47. The Kier molecular flexibility index (Phi) is 2.30. The molecule has 0 fully saturated rings. The highest BCUT2D eigenvalue weighted by Gasteiger charge is 2.29. The fourth-order valence-electron chi connectivity index (χ4n) is 2.60. The van der Waals surface area contributed by atoms with Crippen LogP contribution in [0.4, 0.5) is 0 Å². The molecule has 1 aliphatic heterocycles. The smallest absolute Gasteiger partial charge is 0.346 e. The summed E-state index contributed by atoms with van der Waals surface area (Å²) in [5.74, 6) is -1.12. The van der Waals surface area contributed by atoms with Crippen LogP contribution in [-0.2, 0) is 10.2 Å². The SMILES string of the molecule is CC(C)(C)c1ccc2c3c(cccc13)C(=O)OC2=O. The monoisotopic (exact) mass is 254 g/mol. The van der Waals surface area contributed by atoms with E-state index in [0.717, 1.165) is 16.3 Å². The van der Waals surface area contributed by atoms with Crippen LogP contribution >= 0.6 is 0 Å². The van der Waals surface area contributed by atoms with Crippen LogP contribution in [-0.4, -0.2) is 11.9 Å². The number of hydrogen-bond acceptors (Lipinski definition) is 3. The molecular formula is C16H14O3. The molecule has 3 heteroatoms. The van der Waals surface area contributed by atoms with Crippen LogP contribution < -0.4 is 0 Å². The lowest BCUT2D eigenvalue weighted by molar-refractivity contribution is 0.0391. The highest BCUT2D eigenvalue weighted by atomic mass is 16.6. The molecule has 2 aromatic rings. The van der Waals surface area contributed by atoms with Crippen molar-refractivity contribution in [2.24, 2.45) is 0 Å². The van der Waals surface area contributed by atoms with Crippen molar-refractivity contribution >= 4 is 22.7 Å². The molecule has 0 radical (unpaired) electrons. The molecule has 2 aromatic carbocycles. The first-order valence-corrected chi connectivity index (χ1v) is 6.22. The van der Waals surface area contributed by atoms with Crippen molar-refractivity contribution in [3.63, 3.8) is 0 Å². The number of carbonyl (C=O) groups is 2. The van der Waals surface area contributed by atoms with Gasteiger partial charge in [-0.1, -0.05) is 39.0 Å². The summed E-state index contributed by atoms with van der Waals surface area (Å²) in [6, 6.07) is 9.18. The summed E-state index contributed by atoms with van der Waals surface area (Å²) in [6.07, 6.45) is 0. The van der Waals surface area contributed by atoms with E-state index in [9.17, 15) is 9.59 Å². The van der Waals surface area contributed by atoms with E-state index in [1.54, 1.807) is 12.1 Å². The van der Waals surface area contributed by atoms with Crippen molar-refractivity contribution in [2.45, 2.75) is 26.2 Å². The predicted octanol–water partition coefficient (Wildman–Crippen LogP) is 3.45. The molecule has 3 nitrogen and oxygen atoms in total. The third kappa shape index (κ3) is 1.65. The van der Waals surface area contributed by atoms with Gasteiger partial charge in [0, 0.05) is 5.39 Å². The lowest BCUT2D eigenvalue weighted by Crippen LogP contribution is -2.21. The van der Waals surface area contributed by atoms with Gasteiger partial charge >= 0.3 is 11.9 Å². The predicted molar refractivity (Wildman–Crippen MR) is 72.4 cm³/mol. The Hall–Kier alpha value is -2.16. The van der Waals surface area contributed by atoms with Gasteiger partial charge < -0.3 is 4.74 Å². The van der Waals surface area contributed by atoms with Crippen molar-refractivity contribution in [3.05, 3.63) is 47.0 Å². The minimum atomic E-state index is -0.561. The summed E-state index contributed by atoms with van der Waals surface area (Å²) in [5.41, 5.74) is 2.01. The van der Waals surface area contributed by atoms with Crippen LogP contribution in [0.1, 0.15) is 47.1 Å². The minimum Gasteiger partial charge on any atom is -0.386 e. The highest BCUT2D eigenvalue weighted by Crippen LogP contribution is 2.35. The van der Waals surface area contributed by atoms with Gasteiger partial charge in [0.05, 0.1) is 11.1 Å². The molecule has 96 valence electrons. The van der Waals surface area contributed by atoms with Crippen LogP contribution in [0, 0.1) is 0 Å². The van der Waals surface area contributed by atoms with Crippen molar-refractivity contribution in [1.29, 1.82) is 0 Å². The van der Waals surface area contributed by atoms with Gasteiger partial charge in [-0.3, -0.25) is 0 Å². The number of hydrogen-bond donors (Lipinski definition) is 0. The van der Waals surface area contributed by atoms with E-state index in [1.165, 1.54) is 0 Å². The van der Waals surface area contributed by atoms with Crippen molar-refractivity contribution < 1.29 is 14.3 Å². The summed E-state index contributed by atoms with van der Waals surface area (Å²) in [4.78, 5) is 23.6. The molecule has 0 atom stereocenters. The highest BCUT2D eigenvalue weighted by molar-refractivity contribution is 6.21. The Morgan fingerprint density at radius 3 is 2.16 bits per heavy atom. The molecular weight excluding hydrogens is 240 g/mol. The second-order valence-corrected chi connectivity index (χ2v) is 5.82. The topological polar surface area (TPSA) is 43.4 Å². The number of benzene rings is 2. The van der Waals surface area contributed by atoms with Crippen LogP contribution in [0.25, 0.3) is 10.8 Å². The van der Waals surface area contributed by atoms with Gasteiger partial charge in [-0.2, -0.15) is 0 Å². The Bertz CT molecular complexity index is 700. The second-order valence-electron chi connectivity index (χ2n) is 5.82. The van der Waals surface area contributed by atoms with E-state index in [4.69, 9.17) is 4.74 Å². The Labute approximate surface area is 111 Å². The number of carbonyl (C=O) groups excluding carboxylic acids is 2. The lowest BCUT2D eigenvalue weighted by Gasteiger charge is -2.24. The molecule has 1 aliphatic rings. The molecule has 19 heavy (non-hydrogen) atoms. The van der Waals surface area contributed by atoms with Gasteiger partial charge in [-0.25, -0.2) is 9.59 Å². The summed E-state index contributed by atoms with van der Waals surface area (Å²) < 4.78 is 4.75. The van der Waals surface area contributed by atoms with E-state index in [1.807, 2.05) is 18.2 Å². The summed E-state index contributed by atoms with van der Waals surface area (Å²) in [6.45, 7) is 6.33. The number of cyclic esters (lactones) is 2. The van der Waals surface area contributed by atoms with Crippen molar-refractivity contribution in [2.75, 3.05) is 0 Å². The molecule has 0 aromatic heterocycles. The van der Waals surface area contributed by atoms with E-state index >= 15 is 0 Å². The van der Waals surface area contributed by atoms with Crippen LogP contribution in [0.15, 0.2) is 30.3 Å². The molecule has 0 bridgehead atoms. The number of esters is 2. The Morgan fingerprint density at radius 2 is 1.53 bits per heavy atom. The van der Waals surface area contributed by atoms with Gasteiger partial charge in [-0.05, 0) is 28.5 Å². The van der Waals surface area contributed by atoms with Gasteiger partial charge in [-0.15, -0.1) is 0 Å². The average Bonchev–Trinajstić information content (AvgIpc) is 2.33. The van der Waals surface area contributed by atoms with Crippen LogP contribution in [0.2, 0.25) is 0 Å². The van der Waals surface area contributed by atoms with E-state index in [-0.39, 0.29) is 5.41 Å². The maximum Gasteiger partial charge on any atom is 0.346 e. The van der Waals surface area contributed by atoms with E-state index < -0.39 is 11.9 Å². The number of ether oxygens (including phenoxy) is 1. The minimum absolute atomic E-state index is 0.0540. The van der Waals surface area contributed by atoms with Crippen LogP contribution in [0.5, 0.6) is 0 Å². The van der Waals surface area contributed by atoms with Gasteiger partial charge in [0.2, 0.25) is 0 Å². The first kappa shape index (κ1) is 11.9. The normalized spacial score (nSPS) is 14.7. The summed E-state index contributed by atoms with van der Waals surface area (Å²) >= 11 is 0. The first-order chi connectivity index (χ1) is 8.89. The van der Waals surface area contributed by atoms with Gasteiger partial charge in [0.15, 0.2) is 0 Å². The molecule has 1 heterocycles. The van der Waals surface area contributed by atoms with Crippen molar-refractivity contribution in [3.8, 4) is 0 Å². The fraction of sp³-hybridized carbons (Fsp3) is 0.250. The quantitative estimate of drug-likeness (QED) is 0.534. The molecule has 3 rings (SSSR count). The Morgan fingerprint density at radius 1 is 0.895 bits per heavy atom. The standard InChI is InChI=1S/C16H14O3/c1-16(2,3)12-8-7-11-13-9(12)5-4-6-10(13)14(17)19-15(11)18/h4-8H,1-3H3. The molecule has 0 aliphatic carbocycles. The first-order valence-electron chi connectivity index (χ1n) is 6.22. The molecule has 0 amide bonds. The second kappa shape index (κ2) is 3.67. The van der Waals surface area contributed by atoms with E-state index in [0.29, 0.717) is 11.1 Å². The maximum atomic E-state index is 11.8.